The van der Waals surface area contributed by atoms with Gasteiger partial charge in [0.05, 0.1) is 5.56 Å². The average molecular weight is 280 g/mol. The fraction of sp³-hybridized carbons (Fsp3) is 0.250. The largest absolute Gasteiger partial charge is 0.418 e. The van der Waals surface area contributed by atoms with Gasteiger partial charge in [-0.2, -0.15) is 28.2 Å². The Balaban J connectivity index is 2.82. The third kappa shape index (κ3) is 1.83. The molecule has 2 rings (SSSR count). The van der Waals surface area contributed by atoms with Gasteiger partial charge in [-0.15, -0.1) is 0 Å². The minimum Gasteiger partial charge on any atom is -0.187 e. The van der Waals surface area contributed by atoms with Gasteiger partial charge in [-0.25, -0.2) is 0 Å². The van der Waals surface area contributed by atoms with E-state index in [9.17, 15) is 13.2 Å². The third-order valence-corrected chi connectivity index (χ3v) is 2.31. The van der Waals surface area contributed by atoms with Crippen molar-refractivity contribution in [3.8, 4) is 0 Å². The van der Waals surface area contributed by atoms with Crippen molar-refractivity contribution in [1.29, 1.82) is 0 Å². The number of hydrogen-bond donors (Lipinski definition) is 0. The van der Waals surface area contributed by atoms with Gasteiger partial charge >= 0.3 is 6.18 Å². The topological polar surface area (TPSA) is 30.7 Å². The van der Waals surface area contributed by atoms with E-state index in [1.807, 2.05) is 0 Å². The lowest BCUT2D eigenvalue weighted by Gasteiger charge is -2.06. The van der Waals surface area contributed by atoms with Crippen molar-refractivity contribution in [1.82, 2.24) is 15.0 Å². The Labute approximate surface area is 91.0 Å². The standard InChI is InChI=1S/C8H5BrF3N3/c1-15-13-6-3-4(9)2-5(7(6)14-15)8(10,11)12/h2-3H,1H3. The Kier molecular flexibility index (Phi) is 2.22. The van der Waals surface area contributed by atoms with Crippen molar-refractivity contribution in [2.75, 3.05) is 0 Å². The molecule has 0 spiro atoms. The van der Waals surface area contributed by atoms with Crippen molar-refractivity contribution in [2.24, 2.45) is 7.05 Å². The molecule has 0 N–H and O–H groups in total. The first-order valence-electron chi connectivity index (χ1n) is 3.96. The summed E-state index contributed by atoms with van der Waals surface area (Å²) in [5.41, 5.74) is -0.688. The van der Waals surface area contributed by atoms with E-state index in [2.05, 4.69) is 26.1 Å². The maximum Gasteiger partial charge on any atom is 0.418 e. The lowest BCUT2D eigenvalue weighted by molar-refractivity contribution is -0.136. The number of fused-ring (bicyclic) bond motifs is 1. The summed E-state index contributed by atoms with van der Waals surface area (Å²) in [6.07, 6.45) is -4.42. The summed E-state index contributed by atoms with van der Waals surface area (Å²) >= 11 is 3.01. The summed E-state index contributed by atoms with van der Waals surface area (Å²) in [4.78, 5) is 1.12. The predicted molar refractivity (Wildman–Crippen MR) is 51.2 cm³/mol. The van der Waals surface area contributed by atoms with Crippen molar-refractivity contribution < 1.29 is 13.2 Å². The molecular formula is C8H5BrF3N3. The molecule has 0 amide bonds. The van der Waals surface area contributed by atoms with Crippen LogP contribution < -0.4 is 0 Å². The van der Waals surface area contributed by atoms with Crippen LogP contribution in [-0.2, 0) is 13.2 Å². The first-order chi connectivity index (χ1) is 6.88. The van der Waals surface area contributed by atoms with Crippen molar-refractivity contribution >= 4 is 27.0 Å². The minimum absolute atomic E-state index is 0.131. The third-order valence-electron chi connectivity index (χ3n) is 1.86. The Hall–Kier alpha value is -1.11. The predicted octanol–water partition coefficient (Wildman–Crippen LogP) is 2.75. The van der Waals surface area contributed by atoms with E-state index in [1.165, 1.54) is 13.1 Å². The summed E-state index contributed by atoms with van der Waals surface area (Å²) < 4.78 is 38.2. The van der Waals surface area contributed by atoms with Gasteiger partial charge in [0.15, 0.2) is 0 Å². The Morgan fingerprint density at radius 3 is 2.53 bits per heavy atom. The number of aryl methyl sites for hydroxylation is 1. The lowest BCUT2D eigenvalue weighted by atomic mass is 10.2. The molecule has 80 valence electrons. The van der Waals surface area contributed by atoms with Gasteiger partial charge in [0.1, 0.15) is 11.0 Å². The zero-order valence-electron chi connectivity index (χ0n) is 7.51. The number of halogens is 4. The van der Waals surface area contributed by atoms with Gasteiger partial charge in [-0.1, -0.05) is 15.9 Å². The van der Waals surface area contributed by atoms with Crippen LogP contribution in [0.1, 0.15) is 5.56 Å². The molecule has 3 nitrogen and oxygen atoms in total. The van der Waals surface area contributed by atoms with E-state index in [-0.39, 0.29) is 11.0 Å². The summed E-state index contributed by atoms with van der Waals surface area (Å²) in [6.45, 7) is 0. The number of benzene rings is 1. The second-order valence-electron chi connectivity index (χ2n) is 3.01. The zero-order valence-corrected chi connectivity index (χ0v) is 9.09. The molecule has 0 saturated heterocycles. The van der Waals surface area contributed by atoms with E-state index in [1.54, 1.807) is 0 Å². The molecule has 0 unspecified atom stereocenters. The van der Waals surface area contributed by atoms with E-state index in [0.29, 0.717) is 4.47 Å². The summed E-state index contributed by atoms with van der Waals surface area (Å²) in [5, 5.41) is 7.51. The van der Waals surface area contributed by atoms with Crippen LogP contribution in [0.5, 0.6) is 0 Å². The molecular weight excluding hydrogens is 275 g/mol. The molecule has 0 bridgehead atoms. The SMILES string of the molecule is Cn1nc2cc(Br)cc(C(F)(F)F)c2n1. The number of alkyl halides is 3. The summed E-state index contributed by atoms with van der Waals surface area (Å²) in [5.74, 6) is 0. The highest BCUT2D eigenvalue weighted by Gasteiger charge is 2.34. The molecule has 0 atom stereocenters. The van der Waals surface area contributed by atoms with Gasteiger partial charge in [-0.05, 0) is 12.1 Å². The van der Waals surface area contributed by atoms with Crippen molar-refractivity contribution in [2.45, 2.75) is 6.18 Å². The monoisotopic (exact) mass is 279 g/mol. The molecule has 1 aromatic carbocycles. The zero-order chi connectivity index (χ0) is 11.2. The lowest BCUT2D eigenvalue weighted by Crippen LogP contribution is -2.06. The summed E-state index contributed by atoms with van der Waals surface area (Å²) in [7, 11) is 1.48. The normalized spacial score (nSPS) is 12.3. The molecule has 2 aromatic rings. The Morgan fingerprint density at radius 2 is 1.93 bits per heavy atom. The highest BCUT2D eigenvalue weighted by Crippen LogP contribution is 2.35. The van der Waals surface area contributed by atoms with Gasteiger partial charge < -0.3 is 0 Å². The maximum atomic E-state index is 12.6. The smallest absolute Gasteiger partial charge is 0.187 e. The second-order valence-corrected chi connectivity index (χ2v) is 3.92. The second kappa shape index (κ2) is 3.19. The molecule has 0 aliphatic rings. The van der Waals surface area contributed by atoms with Gasteiger partial charge in [0.2, 0.25) is 0 Å². The molecule has 15 heavy (non-hydrogen) atoms. The molecule has 0 aliphatic heterocycles. The van der Waals surface area contributed by atoms with Crippen LogP contribution in [0.15, 0.2) is 16.6 Å². The Bertz CT molecular complexity index is 518. The molecule has 0 radical (unpaired) electrons. The van der Waals surface area contributed by atoms with E-state index in [0.717, 1.165) is 10.9 Å². The van der Waals surface area contributed by atoms with E-state index in [4.69, 9.17) is 0 Å². The van der Waals surface area contributed by atoms with Gasteiger partial charge in [-0.3, -0.25) is 0 Å². The summed E-state index contributed by atoms with van der Waals surface area (Å²) in [6, 6.07) is 2.49. The minimum atomic E-state index is -4.42. The molecule has 0 saturated carbocycles. The Morgan fingerprint density at radius 1 is 1.27 bits per heavy atom. The van der Waals surface area contributed by atoms with E-state index >= 15 is 0 Å². The van der Waals surface area contributed by atoms with Gasteiger partial charge in [0, 0.05) is 11.5 Å². The van der Waals surface area contributed by atoms with Crippen LogP contribution in [-0.4, -0.2) is 15.0 Å². The highest BCUT2D eigenvalue weighted by atomic mass is 79.9. The molecule has 1 heterocycles. The van der Waals surface area contributed by atoms with Crippen LogP contribution in [0.3, 0.4) is 0 Å². The number of aromatic nitrogens is 3. The van der Waals surface area contributed by atoms with Crippen molar-refractivity contribution in [3.63, 3.8) is 0 Å². The highest BCUT2D eigenvalue weighted by molar-refractivity contribution is 9.10. The number of rotatable bonds is 0. The van der Waals surface area contributed by atoms with Crippen molar-refractivity contribution in [3.05, 3.63) is 22.2 Å². The van der Waals surface area contributed by atoms with Gasteiger partial charge in [0.25, 0.3) is 0 Å². The molecule has 1 aromatic heterocycles. The first-order valence-corrected chi connectivity index (χ1v) is 4.75. The maximum absolute atomic E-state index is 12.6. The van der Waals surface area contributed by atoms with Crippen LogP contribution in [0.25, 0.3) is 11.0 Å². The van der Waals surface area contributed by atoms with Crippen LogP contribution in [0, 0.1) is 0 Å². The van der Waals surface area contributed by atoms with E-state index < -0.39 is 11.7 Å². The fourth-order valence-corrected chi connectivity index (χ4v) is 1.75. The van der Waals surface area contributed by atoms with Crippen LogP contribution in [0.2, 0.25) is 0 Å². The molecule has 0 fully saturated rings. The average Bonchev–Trinajstić information content (AvgIpc) is 2.41. The van der Waals surface area contributed by atoms with Crippen LogP contribution >= 0.6 is 15.9 Å². The molecule has 0 aliphatic carbocycles. The fourth-order valence-electron chi connectivity index (χ4n) is 1.31. The number of hydrogen-bond acceptors (Lipinski definition) is 2. The quantitative estimate of drug-likeness (QED) is 0.743. The first kappa shape index (κ1) is 10.4. The van der Waals surface area contributed by atoms with Crippen LogP contribution in [0.4, 0.5) is 13.2 Å². The molecule has 7 heteroatoms. The number of nitrogens with zero attached hydrogens (tertiary/aromatic N) is 3.